The first-order valence-electron chi connectivity index (χ1n) is 3.06. The van der Waals surface area contributed by atoms with Gasteiger partial charge in [-0.2, -0.15) is 0 Å². The summed E-state index contributed by atoms with van der Waals surface area (Å²) in [6.45, 7) is 1.53. The van der Waals surface area contributed by atoms with Crippen LogP contribution in [0.5, 0.6) is 0 Å². The standard InChI is InChI=1S/C8H9NO.FH/c1-6(10)7-2-4-8(9)5-3-7;/h2-5H,9H2,1H3;1H. The molecule has 11 heavy (non-hydrogen) atoms. The molecule has 0 unspecified atom stereocenters. The lowest BCUT2D eigenvalue weighted by Crippen LogP contribution is -1.91. The van der Waals surface area contributed by atoms with Gasteiger partial charge in [-0.1, -0.05) is 0 Å². The van der Waals surface area contributed by atoms with Gasteiger partial charge in [-0.3, -0.25) is 9.50 Å². The van der Waals surface area contributed by atoms with Gasteiger partial charge in [0.15, 0.2) is 5.78 Å². The average molecular weight is 155 g/mol. The number of nitrogens with two attached hydrogens (primary N) is 1. The summed E-state index contributed by atoms with van der Waals surface area (Å²) in [5.41, 5.74) is 6.80. The fourth-order valence-electron chi connectivity index (χ4n) is 0.718. The van der Waals surface area contributed by atoms with E-state index in [-0.39, 0.29) is 10.5 Å². The van der Waals surface area contributed by atoms with Crippen LogP contribution in [0, 0.1) is 0 Å². The van der Waals surface area contributed by atoms with E-state index in [9.17, 15) is 4.79 Å². The molecule has 0 amide bonds. The minimum absolute atomic E-state index is 0. The number of ketones is 1. The Labute approximate surface area is 64.4 Å². The molecule has 60 valence electrons. The molecular weight excluding hydrogens is 145 g/mol. The highest BCUT2D eigenvalue weighted by atomic mass is 19.0. The van der Waals surface area contributed by atoms with Crippen molar-refractivity contribution in [1.29, 1.82) is 0 Å². The average Bonchev–Trinajstić information content (AvgIpc) is 1.88. The number of carbonyl (C=O) groups is 1. The second-order valence-corrected chi connectivity index (χ2v) is 2.18. The van der Waals surface area contributed by atoms with Crippen LogP contribution in [0.3, 0.4) is 0 Å². The predicted octanol–water partition coefficient (Wildman–Crippen LogP) is 1.62. The maximum absolute atomic E-state index is 10.7. The molecule has 2 nitrogen and oxygen atoms in total. The van der Waals surface area contributed by atoms with Crippen molar-refractivity contribution in [3.05, 3.63) is 29.8 Å². The molecule has 0 atom stereocenters. The fraction of sp³-hybridized carbons (Fsp3) is 0.125. The molecule has 0 aliphatic rings. The van der Waals surface area contributed by atoms with Crippen LogP contribution in [0.15, 0.2) is 24.3 Å². The Morgan fingerprint density at radius 3 is 2.09 bits per heavy atom. The Bertz CT molecular complexity index is 243. The third-order valence-corrected chi connectivity index (χ3v) is 1.32. The van der Waals surface area contributed by atoms with Gasteiger partial charge in [-0.25, -0.2) is 0 Å². The number of Topliss-reactive ketones (excluding diaryl/α,β-unsaturated/α-hetero) is 1. The van der Waals surface area contributed by atoms with Crippen LogP contribution in [0.25, 0.3) is 0 Å². The first-order valence-corrected chi connectivity index (χ1v) is 3.06. The largest absolute Gasteiger partial charge is 0.399 e. The van der Waals surface area contributed by atoms with Crippen molar-refractivity contribution in [2.75, 3.05) is 5.73 Å². The molecule has 0 aromatic heterocycles. The number of hydrogen-bond acceptors (Lipinski definition) is 2. The molecule has 2 N–H and O–H groups in total. The number of nitrogen functional groups attached to an aromatic ring is 1. The minimum Gasteiger partial charge on any atom is -0.399 e. The van der Waals surface area contributed by atoms with Crippen LogP contribution in [0.1, 0.15) is 17.3 Å². The van der Waals surface area contributed by atoms with Crippen LogP contribution in [0.2, 0.25) is 0 Å². The summed E-state index contributed by atoms with van der Waals surface area (Å²) in [4.78, 5) is 10.7. The van der Waals surface area contributed by atoms with E-state index in [4.69, 9.17) is 5.73 Å². The lowest BCUT2D eigenvalue weighted by Gasteiger charge is -1.94. The van der Waals surface area contributed by atoms with Gasteiger partial charge in [-0.15, -0.1) is 0 Å². The quantitative estimate of drug-likeness (QED) is 0.494. The molecule has 0 heterocycles. The van der Waals surface area contributed by atoms with Crippen LogP contribution in [-0.4, -0.2) is 5.78 Å². The number of carbonyl (C=O) groups excluding carboxylic acids is 1. The van der Waals surface area contributed by atoms with Crippen molar-refractivity contribution in [3.8, 4) is 0 Å². The van der Waals surface area contributed by atoms with Gasteiger partial charge in [0.2, 0.25) is 0 Å². The van der Waals surface area contributed by atoms with Crippen LogP contribution < -0.4 is 5.73 Å². The lowest BCUT2D eigenvalue weighted by molar-refractivity contribution is 0.101. The van der Waals surface area contributed by atoms with E-state index < -0.39 is 0 Å². The smallest absolute Gasteiger partial charge is 0.159 e. The summed E-state index contributed by atoms with van der Waals surface area (Å²) in [6.07, 6.45) is 0. The maximum atomic E-state index is 10.7. The van der Waals surface area contributed by atoms with Crippen molar-refractivity contribution < 1.29 is 9.50 Å². The van der Waals surface area contributed by atoms with Gasteiger partial charge in [0.25, 0.3) is 0 Å². The Morgan fingerprint density at radius 1 is 1.27 bits per heavy atom. The zero-order valence-corrected chi connectivity index (χ0v) is 6.20. The zero-order valence-electron chi connectivity index (χ0n) is 6.20. The van der Waals surface area contributed by atoms with Crippen molar-refractivity contribution in [1.82, 2.24) is 0 Å². The van der Waals surface area contributed by atoms with Gasteiger partial charge in [0.1, 0.15) is 0 Å². The molecule has 0 bridgehead atoms. The Morgan fingerprint density at radius 2 is 1.73 bits per heavy atom. The van der Waals surface area contributed by atoms with E-state index in [1.165, 1.54) is 6.92 Å². The Kier molecular flexibility index (Phi) is 3.24. The van der Waals surface area contributed by atoms with Gasteiger partial charge in [0.05, 0.1) is 0 Å². The van der Waals surface area contributed by atoms with Crippen molar-refractivity contribution in [2.24, 2.45) is 0 Å². The number of benzene rings is 1. The fourth-order valence-corrected chi connectivity index (χ4v) is 0.718. The van der Waals surface area contributed by atoms with Gasteiger partial charge in [0, 0.05) is 11.3 Å². The van der Waals surface area contributed by atoms with Gasteiger partial charge >= 0.3 is 0 Å². The molecule has 1 aromatic rings. The van der Waals surface area contributed by atoms with Crippen molar-refractivity contribution in [2.45, 2.75) is 6.92 Å². The lowest BCUT2D eigenvalue weighted by atomic mass is 10.1. The summed E-state index contributed by atoms with van der Waals surface area (Å²) >= 11 is 0. The van der Waals surface area contributed by atoms with E-state index in [2.05, 4.69) is 0 Å². The molecule has 1 aromatic carbocycles. The normalized spacial score (nSPS) is 8.45. The summed E-state index contributed by atoms with van der Waals surface area (Å²) in [5, 5.41) is 0. The van der Waals surface area contributed by atoms with E-state index in [0.29, 0.717) is 11.3 Å². The SMILES string of the molecule is CC(=O)c1ccc(N)cc1.F. The maximum Gasteiger partial charge on any atom is 0.159 e. The summed E-state index contributed by atoms with van der Waals surface area (Å²) in [6, 6.07) is 6.88. The monoisotopic (exact) mass is 155 g/mol. The summed E-state index contributed by atoms with van der Waals surface area (Å²) in [7, 11) is 0. The van der Waals surface area contributed by atoms with Gasteiger partial charge < -0.3 is 5.73 Å². The number of hydrogen-bond donors (Lipinski definition) is 1. The highest BCUT2D eigenvalue weighted by molar-refractivity contribution is 5.94. The summed E-state index contributed by atoms with van der Waals surface area (Å²) in [5.74, 6) is 0.0694. The zero-order chi connectivity index (χ0) is 7.56. The summed E-state index contributed by atoms with van der Waals surface area (Å²) < 4.78 is 0. The molecule has 3 heteroatoms. The number of halogens is 1. The second kappa shape index (κ2) is 3.71. The van der Waals surface area contributed by atoms with Crippen LogP contribution in [0.4, 0.5) is 10.4 Å². The molecule has 0 saturated heterocycles. The highest BCUT2D eigenvalue weighted by Crippen LogP contribution is 2.05. The molecule has 0 spiro atoms. The predicted molar refractivity (Wildman–Crippen MR) is 43.4 cm³/mol. The topological polar surface area (TPSA) is 43.1 Å². The third-order valence-electron chi connectivity index (χ3n) is 1.32. The van der Waals surface area contributed by atoms with Crippen LogP contribution >= 0.6 is 0 Å². The first kappa shape index (κ1) is 9.62. The molecule has 0 fully saturated rings. The van der Waals surface area contributed by atoms with E-state index >= 15 is 0 Å². The number of anilines is 1. The molecule has 0 saturated carbocycles. The molecule has 0 radical (unpaired) electrons. The molecule has 0 aliphatic heterocycles. The Hall–Kier alpha value is -1.38. The minimum atomic E-state index is 0. The first-order chi connectivity index (χ1) is 4.70. The third kappa shape index (κ3) is 2.37. The highest BCUT2D eigenvalue weighted by Gasteiger charge is 1.95. The van der Waals surface area contributed by atoms with E-state index in [0.717, 1.165) is 0 Å². The second-order valence-electron chi connectivity index (χ2n) is 2.18. The number of rotatable bonds is 1. The van der Waals surface area contributed by atoms with E-state index in [1.807, 2.05) is 0 Å². The van der Waals surface area contributed by atoms with Gasteiger partial charge in [-0.05, 0) is 31.2 Å². The van der Waals surface area contributed by atoms with Crippen molar-refractivity contribution in [3.63, 3.8) is 0 Å². The Balaban J connectivity index is 0.000001000. The molecule has 0 aliphatic carbocycles. The molecular formula is C8H10FNO. The van der Waals surface area contributed by atoms with Crippen LogP contribution in [-0.2, 0) is 0 Å². The van der Waals surface area contributed by atoms with E-state index in [1.54, 1.807) is 24.3 Å². The van der Waals surface area contributed by atoms with Crippen molar-refractivity contribution >= 4 is 11.5 Å². The molecule has 1 rings (SSSR count).